The Morgan fingerprint density at radius 2 is 0.739 bits per heavy atom. The maximum atomic E-state index is 10.6. The fraction of sp³-hybridized carbons (Fsp3) is 0.600. The summed E-state index contributed by atoms with van der Waals surface area (Å²) in [4.78, 5) is 44.4. The molecule has 0 atom stereocenters. The van der Waals surface area contributed by atoms with Crippen molar-refractivity contribution in [3.8, 4) is 0 Å². The summed E-state index contributed by atoms with van der Waals surface area (Å²) >= 11 is 0. The standard InChI is InChI=1S/C10H16N2O8.Fe.2H2O/c13-7(14)3-11(4-8(15)16)1-2-12(5-9(17)18)6-10(19)20;;;/h1-6H2,(H,13,14)(H,15,16)(H,17,18)(H,19,20);;2*1H2. The molecule has 0 aromatic heterocycles. The first-order valence-corrected chi connectivity index (χ1v) is 5.52. The van der Waals surface area contributed by atoms with Crippen LogP contribution in [0.5, 0.6) is 0 Å². The third-order valence-electron chi connectivity index (χ3n) is 2.17. The molecular weight excluding hydrogens is 364 g/mol. The summed E-state index contributed by atoms with van der Waals surface area (Å²) in [5, 5.41) is 34.5. The zero-order valence-electron chi connectivity index (χ0n) is 11.9. The predicted octanol–water partition coefficient (Wildman–Crippen LogP) is -3.72. The molecule has 0 spiro atoms. The van der Waals surface area contributed by atoms with E-state index in [0.717, 1.165) is 9.80 Å². The second kappa shape index (κ2) is 15.1. The van der Waals surface area contributed by atoms with E-state index in [0.29, 0.717) is 0 Å². The van der Waals surface area contributed by atoms with Gasteiger partial charge in [-0.25, -0.2) is 0 Å². The van der Waals surface area contributed by atoms with Crippen molar-refractivity contribution in [3.05, 3.63) is 0 Å². The van der Waals surface area contributed by atoms with Gasteiger partial charge in [0.1, 0.15) is 0 Å². The van der Waals surface area contributed by atoms with Crippen LogP contribution in [0.4, 0.5) is 0 Å². The van der Waals surface area contributed by atoms with Crippen LogP contribution in [-0.2, 0) is 36.2 Å². The summed E-state index contributed by atoms with van der Waals surface area (Å²) in [5.74, 6) is -4.91. The summed E-state index contributed by atoms with van der Waals surface area (Å²) in [5.41, 5.74) is 0. The molecule has 0 saturated heterocycles. The van der Waals surface area contributed by atoms with Gasteiger partial charge >= 0.3 is 23.9 Å². The topological polar surface area (TPSA) is 219 Å². The smallest absolute Gasteiger partial charge is 0.317 e. The van der Waals surface area contributed by atoms with Gasteiger partial charge in [-0.05, 0) is 0 Å². The van der Waals surface area contributed by atoms with Crippen LogP contribution in [0.1, 0.15) is 0 Å². The molecule has 0 unspecified atom stereocenters. The third kappa shape index (κ3) is 18.2. The average Bonchev–Trinajstić information content (AvgIpc) is 2.22. The van der Waals surface area contributed by atoms with Gasteiger partial charge in [-0.1, -0.05) is 0 Å². The number of nitrogens with zero attached hydrogens (tertiary/aromatic N) is 2. The van der Waals surface area contributed by atoms with Crippen LogP contribution in [0.15, 0.2) is 0 Å². The van der Waals surface area contributed by atoms with E-state index < -0.39 is 50.1 Å². The van der Waals surface area contributed by atoms with Crippen molar-refractivity contribution in [2.24, 2.45) is 0 Å². The second-order valence-electron chi connectivity index (χ2n) is 4.00. The van der Waals surface area contributed by atoms with Crippen molar-refractivity contribution in [1.29, 1.82) is 0 Å². The number of carboxylic acids is 4. The molecule has 0 bridgehead atoms. The summed E-state index contributed by atoms with van der Waals surface area (Å²) in [7, 11) is 0. The zero-order valence-corrected chi connectivity index (χ0v) is 13.0. The summed E-state index contributed by atoms with van der Waals surface area (Å²) in [6.07, 6.45) is 0. The minimum Gasteiger partial charge on any atom is -0.480 e. The van der Waals surface area contributed by atoms with Crippen molar-refractivity contribution in [1.82, 2.24) is 9.80 Å². The molecule has 8 N–H and O–H groups in total. The Kier molecular flexibility index (Phi) is 19.3. The monoisotopic (exact) mass is 384 g/mol. The van der Waals surface area contributed by atoms with E-state index in [-0.39, 0.29) is 41.1 Å². The molecule has 138 valence electrons. The first kappa shape index (κ1) is 29.3. The van der Waals surface area contributed by atoms with Gasteiger partial charge in [0.15, 0.2) is 0 Å². The Labute approximate surface area is 141 Å². The maximum absolute atomic E-state index is 10.6. The van der Waals surface area contributed by atoms with Crippen LogP contribution in [0, 0.1) is 0 Å². The van der Waals surface area contributed by atoms with Crippen molar-refractivity contribution < 1.29 is 67.6 Å². The van der Waals surface area contributed by atoms with E-state index in [9.17, 15) is 19.2 Å². The van der Waals surface area contributed by atoms with Gasteiger partial charge in [0.2, 0.25) is 0 Å². The Morgan fingerprint density at radius 3 is 0.870 bits per heavy atom. The largest absolute Gasteiger partial charge is 0.480 e. The molecule has 0 aromatic rings. The van der Waals surface area contributed by atoms with E-state index in [2.05, 4.69) is 0 Å². The quantitative estimate of drug-likeness (QED) is 0.255. The molecule has 0 heterocycles. The van der Waals surface area contributed by atoms with E-state index in [1.54, 1.807) is 0 Å². The minimum atomic E-state index is -1.23. The van der Waals surface area contributed by atoms with Gasteiger partial charge in [0, 0.05) is 30.2 Å². The van der Waals surface area contributed by atoms with Crippen molar-refractivity contribution in [2.75, 3.05) is 39.3 Å². The van der Waals surface area contributed by atoms with E-state index in [1.807, 2.05) is 0 Å². The second-order valence-corrected chi connectivity index (χ2v) is 4.00. The molecule has 0 aliphatic rings. The fourth-order valence-corrected chi connectivity index (χ4v) is 1.48. The van der Waals surface area contributed by atoms with Crippen LogP contribution in [-0.4, -0.2) is 104 Å². The molecule has 0 aliphatic carbocycles. The Bertz CT molecular complexity index is 324. The van der Waals surface area contributed by atoms with Gasteiger partial charge in [0.25, 0.3) is 0 Å². The zero-order chi connectivity index (χ0) is 15.7. The van der Waals surface area contributed by atoms with Gasteiger partial charge in [-0.2, -0.15) is 0 Å². The fourth-order valence-electron chi connectivity index (χ4n) is 1.48. The Morgan fingerprint density at radius 1 is 0.565 bits per heavy atom. The van der Waals surface area contributed by atoms with Gasteiger partial charge in [-0.3, -0.25) is 29.0 Å². The van der Waals surface area contributed by atoms with Crippen molar-refractivity contribution in [2.45, 2.75) is 0 Å². The summed E-state index contributed by atoms with van der Waals surface area (Å²) in [6, 6.07) is 0. The molecule has 0 amide bonds. The first-order chi connectivity index (χ1) is 9.20. The van der Waals surface area contributed by atoms with Crippen molar-refractivity contribution >= 4 is 23.9 Å². The Balaban J connectivity index is -0.000000602. The average molecular weight is 384 g/mol. The molecule has 23 heavy (non-hydrogen) atoms. The third-order valence-corrected chi connectivity index (χ3v) is 2.17. The first-order valence-electron chi connectivity index (χ1n) is 5.52. The Hall–Kier alpha value is -1.76. The number of carbonyl (C=O) groups is 4. The number of carboxylic acid groups (broad SMARTS) is 4. The van der Waals surface area contributed by atoms with Crippen LogP contribution in [0.3, 0.4) is 0 Å². The molecular formula is C10H20FeN2O10. The number of hydrogen-bond acceptors (Lipinski definition) is 6. The molecule has 0 aliphatic heterocycles. The molecule has 0 rings (SSSR count). The SMILES string of the molecule is O.O.O=C(O)CN(CCN(CC(=O)O)CC(=O)O)CC(=O)O.[Fe]. The number of rotatable bonds is 11. The van der Waals surface area contributed by atoms with E-state index in [1.165, 1.54) is 0 Å². The van der Waals surface area contributed by atoms with Crippen LogP contribution >= 0.6 is 0 Å². The molecule has 0 radical (unpaired) electrons. The van der Waals surface area contributed by atoms with Crippen LogP contribution in [0.2, 0.25) is 0 Å². The van der Waals surface area contributed by atoms with Crippen LogP contribution in [0.25, 0.3) is 0 Å². The molecule has 12 nitrogen and oxygen atoms in total. The van der Waals surface area contributed by atoms with Crippen molar-refractivity contribution in [3.63, 3.8) is 0 Å². The summed E-state index contributed by atoms with van der Waals surface area (Å²) in [6.45, 7) is -2.25. The summed E-state index contributed by atoms with van der Waals surface area (Å²) < 4.78 is 0. The molecule has 0 fully saturated rings. The van der Waals surface area contributed by atoms with Crippen LogP contribution < -0.4 is 0 Å². The van der Waals surface area contributed by atoms with E-state index >= 15 is 0 Å². The maximum Gasteiger partial charge on any atom is 0.317 e. The van der Waals surface area contributed by atoms with Gasteiger partial charge in [0.05, 0.1) is 26.2 Å². The number of hydrogen-bond donors (Lipinski definition) is 4. The van der Waals surface area contributed by atoms with Gasteiger partial charge in [-0.15, -0.1) is 0 Å². The number of aliphatic carboxylic acids is 4. The minimum absolute atomic E-state index is 0. The van der Waals surface area contributed by atoms with E-state index in [4.69, 9.17) is 20.4 Å². The predicted molar refractivity (Wildman–Crippen MR) is 70.7 cm³/mol. The molecule has 0 saturated carbocycles. The molecule has 13 heteroatoms. The van der Waals surface area contributed by atoms with Gasteiger partial charge < -0.3 is 31.4 Å². The molecule has 0 aromatic carbocycles. The normalized spacial score (nSPS) is 9.30.